The van der Waals surface area contributed by atoms with Gasteiger partial charge in [-0.2, -0.15) is 0 Å². The number of hydrogen-bond donors (Lipinski definition) is 2. The van der Waals surface area contributed by atoms with Crippen LogP contribution in [0.3, 0.4) is 0 Å². The van der Waals surface area contributed by atoms with Crippen LogP contribution in [0.25, 0.3) is 22.0 Å². The van der Waals surface area contributed by atoms with Crippen LogP contribution in [0.4, 0.5) is 24.8 Å². The number of benzene rings is 2. The van der Waals surface area contributed by atoms with E-state index in [1.807, 2.05) is 11.0 Å². The summed E-state index contributed by atoms with van der Waals surface area (Å²) in [5.74, 6) is -0.241. The van der Waals surface area contributed by atoms with Gasteiger partial charge in [0, 0.05) is 61.0 Å². The summed E-state index contributed by atoms with van der Waals surface area (Å²) in [5.41, 5.74) is 7.03. The van der Waals surface area contributed by atoms with Gasteiger partial charge in [0.25, 0.3) is 12.9 Å². The Labute approximate surface area is 227 Å². The third-order valence-corrected chi connectivity index (χ3v) is 7.05. The zero-order valence-corrected chi connectivity index (χ0v) is 21.3. The molecular formula is C27H24ClF3N6O2. The second-order valence-corrected chi connectivity index (χ2v) is 9.64. The summed E-state index contributed by atoms with van der Waals surface area (Å²) in [7, 11) is 0. The Hall–Kier alpha value is -3.96. The molecule has 3 heterocycles. The first-order valence-corrected chi connectivity index (χ1v) is 12.5. The van der Waals surface area contributed by atoms with Crippen LogP contribution in [0.1, 0.15) is 24.4 Å². The topological polar surface area (TPSA) is 106 Å². The molecule has 0 radical (unpaired) electrons. The van der Waals surface area contributed by atoms with Gasteiger partial charge in [-0.3, -0.25) is 15.5 Å². The number of anilines is 2. The van der Waals surface area contributed by atoms with Gasteiger partial charge in [0.2, 0.25) is 5.95 Å². The molecule has 2 aromatic carbocycles. The number of fused-ring (bicyclic) bond motifs is 1. The summed E-state index contributed by atoms with van der Waals surface area (Å²) in [6, 6.07) is 9.05. The van der Waals surface area contributed by atoms with E-state index in [1.165, 1.54) is 24.4 Å². The Bertz CT molecular complexity index is 1480. The van der Waals surface area contributed by atoms with E-state index in [1.54, 1.807) is 24.5 Å². The average Bonchev–Trinajstić information content (AvgIpc) is 2.93. The van der Waals surface area contributed by atoms with E-state index in [0.29, 0.717) is 60.4 Å². The summed E-state index contributed by atoms with van der Waals surface area (Å²) >= 11 is 6.39. The minimum Gasteiger partial charge on any atom is -0.446 e. The Balaban J connectivity index is 1.43. The molecule has 1 aliphatic heterocycles. The van der Waals surface area contributed by atoms with Crippen molar-refractivity contribution >= 4 is 40.6 Å². The molecular weight excluding hydrogens is 533 g/mol. The SMILES string of the molecule is NC1(OC=O)CCN(c2ncc(-c3ccc4ncc(Cl)c(N[C@@H](c5ccccc5F)C(F)F)c4c3)cn2)CC1. The van der Waals surface area contributed by atoms with Crippen molar-refractivity contribution in [2.75, 3.05) is 23.3 Å². The fraction of sp³-hybridized carbons (Fsp3) is 0.259. The van der Waals surface area contributed by atoms with Crippen LogP contribution in [-0.2, 0) is 9.53 Å². The van der Waals surface area contributed by atoms with Crippen molar-refractivity contribution in [3.63, 3.8) is 0 Å². The molecule has 12 heteroatoms. The number of carbonyl (C=O) groups is 1. The number of nitrogens with two attached hydrogens (primary N) is 1. The molecule has 39 heavy (non-hydrogen) atoms. The minimum absolute atomic E-state index is 0.118. The molecule has 1 saturated heterocycles. The summed E-state index contributed by atoms with van der Waals surface area (Å²) in [6.07, 6.45) is 2.65. The molecule has 1 atom stereocenters. The molecule has 4 aromatic rings. The second-order valence-electron chi connectivity index (χ2n) is 9.23. The highest BCUT2D eigenvalue weighted by Gasteiger charge is 2.33. The fourth-order valence-corrected chi connectivity index (χ4v) is 4.79. The lowest BCUT2D eigenvalue weighted by atomic mass is 10.0. The zero-order valence-electron chi connectivity index (χ0n) is 20.5. The number of carbonyl (C=O) groups excluding carboxylic acids is 1. The highest BCUT2D eigenvalue weighted by atomic mass is 35.5. The van der Waals surface area contributed by atoms with E-state index in [0.717, 1.165) is 6.07 Å². The van der Waals surface area contributed by atoms with Crippen molar-refractivity contribution in [2.45, 2.75) is 31.0 Å². The molecule has 202 valence electrons. The molecule has 1 aliphatic rings. The number of nitrogens with zero attached hydrogens (tertiary/aromatic N) is 4. The lowest BCUT2D eigenvalue weighted by molar-refractivity contribution is -0.145. The molecule has 0 aliphatic carbocycles. The molecule has 5 rings (SSSR count). The van der Waals surface area contributed by atoms with Crippen molar-refractivity contribution in [1.82, 2.24) is 15.0 Å². The Morgan fingerprint density at radius 3 is 2.44 bits per heavy atom. The molecule has 0 amide bonds. The van der Waals surface area contributed by atoms with Gasteiger partial charge in [0.1, 0.15) is 11.9 Å². The van der Waals surface area contributed by atoms with E-state index in [-0.39, 0.29) is 16.3 Å². The van der Waals surface area contributed by atoms with Crippen LogP contribution in [-0.4, -0.2) is 46.7 Å². The first-order valence-electron chi connectivity index (χ1n) is 12.1. The fourth-order valence-electron chi connectivity index (χ4n) is 4.59. The van der Waals surface area contributed by atoms with Crippen LogP contribution >= 0.6 is 11.6 Å². The van der Waals surface area contributed by atoms with Gasteiger partial charge in [-0.05, 0) is 23.8 Å². The van der Waals surface area contributed by atoms with E-state index in [9.17, 15) is 18.0 Å². The van der Waals surface area contributed by atoms with E-state index in [2.05, 4.69) is 20.3 Å². The van der Waals surface area contributed by atoms with Crippen LogP contribution < -0.4 is 16.0 Å². The van der Waals surface area contributed by atoms with Crippen molar-refractivity contribution in [3.8, 4) is 11.1 Å². The summed E-state index contributed by atoms with van der Waals surface area (Å²) in [5, 5.41) is 3.35. The number of pyridine rings is 1. The molecule has 3 N–H and O–H groups in total. The van der Waals surface area contributed by atoms with E-state index in [4.69, 9.17) is 22.1 Å². The van der Waals surface area contributed by atoms with Crippen molar-refractivity contribution in [3.05, 3.63) is 77.5 Å². The van der Waals surface area contributed by atoms with Crippen molar-refractivity contribution in [1.29, 1.82) is 0 Å². The van der Waals surface area contributed by atoms with Gasteiger partial charge < -0.3 is 15.0 Å². The number of aromatic nitrogens is 3. The van der Waals surface area contributed by atoms with Gasteiger partial charge in [0.05, 0.1) is 16.2 Å². The maximum atomic E-state index is 14.4. The molecule has 0 saturated carbocycles. The van der Waals surface area contributed by atoms with Crippen LogP contribution in [0.2, 0.25) is 5.02 Å². The summed E-state index contributed by atoms with van der Waals surface area (Å²) in [6.45, 7) is 1.40. The molecule has 8 nitrogen and oxygen atoms in total. The van der Waals surface area contributed by atoms with Crippen molar-refractivity contribution in [2.24, 2.45) is 5.73 Å². The van der Waals surface area contributed by atoms with Gasteiger partial charge in [-0.25, -0.2) is 23.1 Å². The number of ether oxygens (including phenoxy) is 1. The standard InChI is InChI=1S/C27H24ClF3N6O2/c28-20-14-33-22-6-5-16(11-19(22)23(20)36-24(25(30)31)18-3-1-2-4-21(18)29)17-12-34-26(35-13-17)37-9-7-27(32,8-10-37)39-15-38/h1-6,11-15,24-25H,7-10,32H2,(H,33,36)/t24-/m0/s1. The number of hydrogen-bond acceptors (Lipinski definition) is 8. The smallest absolute Gasteiger partial charge is 0.294 e. The average molecular weight is 557 g/mol. The Morgan fingerprint density at radius 2 is 1.77 bits per heavy atom. The van der Waals surface area contributed by atoms with Crippen molar-refractivity contribution < 1.29 is 22.7 Å². The lowest BCUT2D eigenvalue weighted by Gasteiger charge is -2.37. The summed E-state index contributed by atoms with van der Waals surface area (Å²) in [4.78, 5) is 25.9. The Kier molecular flexibility index (Phi) is 7.53. The number of alkyl halides is 2. The predicted octanol–water partition coefficient (Wildman–Crippen LogP) is 5.33. The molecule has 0 spiro atoms. The van der Waals surface area contributed by atoms with Gasteiger partial charge in [-0.1, -0.05) is 35.9 Å². The second kappa shape index (κ2) is 11.0. The van der Waals surface area contributed by atoms with Crippen LogP contribution in [0.5, 0.6) is 0 Å². The molecule has 0 unspecified atom stereocenters. The van der Waals surface area contributed by atoms with Crippen LogP contribution in [0, 0.1) is 5.82 Å². The monoisotopic (exact) mass is 556 g/mol. The zero-order chi connectivity index (χ0) is 27.6. The van der Waals surface area contributed by atoms with Gasteiger partial charge in [0.15, 0.2) is 5.72 Å². The number of piperidine rings is 1. The van der Waals surface area contributed by atoms with E-state index < -0.39 is 24.0 Å². The maximum absolute atomic E-state index is 14.4. The highest BCUT2D eigenvalue weighted by molar-refractivity contribution is 6.34. The summed E-state index contributed by atoms with van der Waals surface area (Å²) < 4.78 is 47.5. The number of rotatable bonds is 8. The lowest BCUT2D eigenvalue weighted by Crippen LogP contribution is -2.52. The van der Waals surface area contributed by atoms with Crippen LogP contribution in [0.15, 0.2) is 61.1 Å². The predicted molar refractivity (Wildman–Crippen MR) is 142 cm³/mol. The molecule has 1 fully saturated rings. The van der Waals surface area contributed by atoms with Gasteiger partial charge >= 0.3 is 0 Å². The number of nitrogens with one attached hydrogen (secondary N) is 1. The number of halogens is 4. The Morgan fingerprint density at radius 1 is 1.05 bits per heavy atom. The minimum atomic E-state index is -2.91. The molecule has 2 aromatic heterocycles. The largest absolute Gasteiger partial charge is 0.446 e. The maximum Gasteiger partial charge on any atom is 0.294 e. The first-order chi connectivity index (χ1) is 18.8. The molecule has 0 bridgehead atoms. The highest BCUT2D eigenvalue weighted by Crippen LogP contribution is 2.37. The third-order valence-electron chi connectivity index (χ3n) is 6.76. The van der Waals surface area contributed by atoms with Gasteiger partial charge in [-0.15, -0.1) is 0 Å². The van der Waals surface area contributed by atoms with E-state index >= 15 is 0 Å². The quantitative estimate of drug-likeness (QED) is 0.221. The third kappa shape index (κ3) is 5.59. The normalized spacial score (nSPS) is 15.8. The first kappa shape index (κ1) is 26.6.